The first-order valence-electron chi connectivity index (χ1n) is 11.5. The van der Waals surface area contributed by atoms with Crippen LogP contribution in [0.1, 0.15) is 30.7 Å². The molecule has 0 saturated carbocycles. The second-order valence-corrected chi connectivity index (χ2v) is 10.2. The van der Waals surface area contributed by atoms with E-state index in [9.17, 15) is 9.18 Å². The van der Waals surface area contributed by atoms with Crippen LogP contribution in [-0.2, 0) is 22.6 Å². The zero-order valence-corrected chi connectivity index (χ0v) is 20.6. The molecule has 4 rings (SSSR count). The molecule has 0 spiro atoms. The predicted molar refractivity (Wildman–Crippen MR) is 134 cm³/mol. The molecule has 1 unspecified atom stereocenters. The van der Waals surface area contributed by atoms with Gasteiger partial charge in [0.05, 0.1) is 17.3 Å². The number of carbonyl (C=O) groups excluding carboxylic acids is 1. The first kappa shape index (κ1) is 24.5. The van der Waals surface area contributed by atoms with Crippen molar-refractivity contribution in [2.45, 2.75) is 45.0 Å². The molecule has 1 atom stereocenters. The minimum absolute atomic E-state index is 0.171. The van der Waals surface area contributed by atoms with E-state index in [0.717, 1.165) is 47.8 Å². The maximum absolute atomic E-state index is 13.2. The number of nitrogens with zero attached hydrogens (tertiary/aromatic N) is 2. The molecule has 0 bridgehead atoms. The Morgan fingerprint density at radius 2 is 1.94 bits per heavy atom. The first-order chi connectivity index (χ1) is 16.3. The van der Waals surface area contributed by atoms with Crippen molar-refractivity contribution in [3.8, 4) is 11.3 Å². The second-order valence-electron chi connectivity index (χ2n) is 9.10. The van der Waals surface area contributed by atoms with Crippen LogP contribution in [0.2, 0.25) is 0 Å². The van der Waals surface area contributed by atoms with Crippen LogP contribution in [0.3, 0.4) is 0 Å². The molecule has 0 radical (unpaired) electrons. The molecule has 1 aliphatic heterocycles. The Hall–Kier alpha value is -2.65. The number of likely N-dealkylation sites (tertiary alicyclic amines) is 1. The van der Waals surface area contributed by atoms with E-state index in [1.807, 2.05) is 44.2 Å². The van der Waals surface area contributed by atoms with Gasteiger partial charge in [-0.15, -0.1) is 0 Å². The first-order valence-corrected chi connectivity index (χ1v) is 12.3. The average Bonchev–Trinajstić information content (AvgIpc) is 3.46. The molecule has 180 valence electrons. The van der Waals surface area contributed by atoms with Crippen molar-refractivity contribution < 1.29 is 13.9 Å². The molecule has 6 nitrogen and oxygen atoms in total. The molecule has 3 aromatic rings. The van der Waals surface area contributed by atoms with E-state index >= 15 is 0 Å². The zero-order valence-electron chi connectivity index (χ0n) is 19.8. The number of carbonyl (C=O) groups is 1. The lowest BCUT2D eigenvalue weighted by atomic mass is 10.0. The van der Waals surface area contributed by atoms with Crippen molar-refractivity contribution >= 4 is 22.4 Å². The fraction of sp³-hybridized carbons (Fsp3) is 0.385. The van der Waals surface area contributed by atoms with E-state index < -0.39 is 5.54 Å². The van der Waals surface area contributed by atoms with E-state index in [1.165, 1.54) is 23.5 Å². The van der Waals surface area contributed by atoms with Crippen molar-refractivity contribution in [1.29, 1.82) is 0 Å². The quantitative estimate of drug-likeness (QED) is 0.464. The number of ether oxygens (including phenoxy) is 1. The van der Waals surface area contributed by atoms with Crippen LogP contribution in [-0.4, -0.2) is 47.6 Å². The highest BCUT2D eigenvalue weighted by molar-refractivity contribution is 7.16. The molecule has 2 heterocycles. The van der Waals surface area contributed by atoms with Crippen LogP contribution >= 0.6 is 11.3 Å². The predicted octanol–water partition coefficient (Wildman–Crippen LogP) is 4.68. The summed E-state index contributed by atoms with van der Waals surface area (Å²) in [4.78, 5) is 21.4. The topological polar surface area (TPSA) is 66.5 Å². The van der Waals surface area contributed by atoms with Crippen molar-refractivity contribution in [2.24, 2.45) is 0 Å². The maximum Gasteiger partial charge on any atom is 0.245 e. The Bertz CT molecular complexity index is 1100. The van der Waals surface area contributed by atoms with Gasteiger partial charge in [-0.05, 0) is 38.0 Å². The van der Waals surface area contributed by atoms with E-state index in [4.69, 9.17) is 9.72 Å². The van der Waals surface area contributed by atoms with E-state index in [2.05, 4.69) is 15.5 Å². The van der Waals surface area contributed by atoms with Gasteiger partial charge in [-0.25, -0.2) is 9.37 Å². The third-order valence-corrected chi connectivity index (χ3v) is 7.07. The summed E-state index contributed by atoms with van der Waals surface area (Å²) >= 11 is 1.52. The molecule has 34 heavy (non-hydrogen) atoms. The van der Waals surface area contributed by atoms with Gasteiger partial charge in [-0.3, -0.25) is 15.0 Å². The summed E-state index contributed by atoms with van der Waals surface area (Å²) in [7, 11) is 1.76. The van der Waals surface area contributed by atoms with Gasteiger partial charge in [0.25, 0.3) is 0 Å². The van der Waals surface area contributed by atoms with Gasteiger partial charge in [0.15, 0.2) is 5.13 Å². The third kappa shape index (κ3) is 6.07. The number of methoxy groups -OCH3 is 1. The van der Waals surface area contributed by atoms with Crippen molar-refractivity contribution in [1.82, 2.24) is 15.2 Å². The average molecular weight is 483 g/mol. The van der Waals surface area contributed by atoms with Crippen molar-refractivity contribution in [2.75, 3.05) is 25.5 Å². The van der Waals surface area contributed by atoms with E-state index in [0.29, 0.717) is 11.7 Å². The molecule has 1 aromatic heterocycles. The van der Waals surface area contributed by atoms with Gasteiger partial charge >= 0.3 is 0 Å². The van der Waals surface area contributed by atoms with Crippen LogP contribution < -0.4 is 10.6 Å². The smallest absolute Gasteiger partial charge is 0.245 e. The van der Waals surface area contributed by atoms with Gasteiger partial charge in [0, 0.05) is 43.7 Å². The number of amides is 1. The molecular formula is C26H31FN4O2S. The minimum atomic E-state index is -0.840. The Morgan fingerprint density at radius 3 is 2.62 bits per heavy atom. The van der Waals surface area contributed by atoms with Gasteiger partial charge in [0.1, 0.15) is 5.82 Å². The number of anilines is 1. The number of halogens is 1. The lowest BCUT2D eigenvalue weighted by Gasteiger charge is -2.24. The van der Waals surface area contributed by atoms with Gasteiger partial charge in [0.2, 0.25) is 5.91 Å². The standard InChI is InChI=1S/C26H31FN4O2S/c1-26(2,28-15-18-9-11-20(27)12-10-18)24(32)30-25-29-23(19-7-5-4-6-8-19)22(34-25)17-31-14-13-21(16-31)33-3/h4-12,21,28H,13-17H2,1-3H3,(H,29,30,32). The number of hydrogen-bond acceptors (Lipinski definition) is 6. The Morgan fingerprint density at radius 1 is 1.21 bits per heavy atom. The summed E-state index contributed by atoms with van der Waals surface area (Å²) in [5.41, 5.74) is 2.00. The van der Waals surface area contributed by atoms with Crippen LogP contribution in [0.25, 0.3) is 11.3 Å². The molecule has 1 aliphatic rings. The molecule has 1 fully saturated rings. The molecule has 8 heteroatoms. The summed E-state index contributed by atoms with van der Waals surface area (Å²) in [6.07, 6.45) is 1.29. The van der Waals surface area contributed by atoms with Crippen LogP contribution in [0.15, 0.2) is 54.6 Å². The SMILES string of the molecule is COC1CCN(Cc2sc(NC(=O)C(C)(C)NCc3ccc(F)cc3)nc2-c2ccccc2)C1. The Kier molecular flexibility index (Phi) is 7.73. The number of aromatic nitrogens is 1. The van der Waals surface area contributed by atoms with E-state index in [1.54, 1.807) is 19.2 Å². The maximum atomic E-state index is 13.2. The summed E-state index contributed by atoms with van der Waals surface area (Å²) < 4.78 is 18.7. The van der Waals surface area contributed by atoms with Crippen molar-refractivity contribution in [3.63, 3.8) is 0 Å². The summed E-state index contributed by atoms with van der Waals surface area (Å²) in [6, 6.07) is 16.3. The number of thiazole rings is 1. The third-order valence-electron chi connectivity index (χ3n) is 6.11. The molecule has 2 aromatic carbocycles. The minimum Gasteiger partial charge on any atom is -0.380 e. The Labute approximate surface area is 204 Å². The zero-order chi connectivity index (χ0) is 24.1. The van der Waals surface area contributed by atoms with Crippen LogP contribution in [0, 0.1) is 5.82 Å². The highest BCUT2D eigenvalue weighted by Gasteiger charge is 2.29. The van der Waals surface area contributed by atoms with Gasteiger partial charge in [-0.2, -0.15) is 0 Å². The van der Waals surface area contributed by atoms with Crippen LogP contribution in [0.4, 0.5) is 9.52 Å². The Balaban J connectivity index is 1.47. The molecule has 1 amide bonds. The fourth-order valence-electron chi connectivity index (χ4n) is 3.93. The lowest BCUT2D eigenvalue weighted by Crippen LogP contribution is -2.49. The fourth-order valence-corrected chi connectivity index (χ4v) is 4.95. The largest absolute Gasteiger partial charge is 0.380 e. The summed E-state index contributed by atoms with van der Waals surface area (Å²) in [6.45, 7) is 6.75. The van der Waals surface area contributed by atoms with Crippen LogP contribution in [0.5, 0.6) is 0 Å². The monoisotopic (exact) mass is 482 g/mol. The van der Waals surface area contributed by atoms with E-state index in [-0.39, 0.29) is 17.8 Å². The molecule has 2 N–H and O–H groups in total. The highest BCUT2D eigenvalue weighted by atomic mass is 32.1. The summed E-state index contributed by atoms with van der Waals surface area (Å²) in [5.74, 6) is -0.448. The number of hydrogen-bond donors (Lipinski definition) is 2. The second kappa shape index (κ2) is 10.7. The van der Waals surface area contributed by atoms with Gasteiger partial charge in [-0.1, -0.05) is 53.8 Å². The summed E-state index contributed by atoms with van der Waals surface area (Å²) in [5, 5.41) is 6.85. The molecule has 1 saturated heterocycles. The van der Waals surface area contributed by atoms with Gasteiger partial charge < -0.3 is 10.1 Å². The number of benzene rings is 2. The molecular weight excluding hydrogens is 451 g/mol. The number of rotatable bonds is 9. The highest BCUT2D eigenvalue weighted by Crippen LogP contribution is 2.33. The number of nitrogens with one attached hydrogen (secondary N) is 2. The van der Waals surface area contributed by atoms with Crippen molar-refractivity contribution in [3.05, 3.63) is 70.9 Å². The lowest BCUT2D eigenvalue weighted by molar-refractivity contribution is -0.121. The molecule has 0 aliphatic carbocycles. The normalized spacial score (nSPS) is 16.6.